The number of ether oxygens (including phenoxy) is 1. The molecule has 1 unspecified atom stereocenters. The first kappa shape index (κ1) is 15.9. The Balaban J connectivity index is 1.90. The number of furan rings is 1. The Bertz CT molecular complexity index is 782. The highest BCUT2D eigenvalue weighted by Crippen LogP contribution is 2.24. The summed E-state index contributed by atoms with van der Waals surface area (Å²) >= 11 is 0. The second-order valence-corrected chi connectivity index (χ2v) is 5.26. The maximum absolute atomic E-state index is 12.8. The van der Waals surface area contributed by atoms with Crippen LogP contribution in [0.4, 0.5) is 0 Å². The molecule has 2 aromatic carbocycles. The third-order valence-corrected chi connectivity index (χ3v) is 3.67. The lowest BCUT2D eigenvalue weighted by Crippen LogP contribution is -2.29. The highest BCUT2D eigenvalue weighted by atomic mass is 16.5. The van der Waals surface area contributed by atoms with E-state index in [0.29, 0.717) is 23.7 Å². The number of hydrogen-bond acceptors (Lipinski definition) is 3. The molecule has 1 aromatic heterocycles. The van der Waals surface area contributed by atoms with E-state index in [1.165, 1.54) is 0 Å². The second kappa shape index (κ2) is 7.51. The number of nitrogens with one attached hydrogen (secondary N) is 1. The van der Waals surface area contributed by atoms with Crippen molar-refractivity contribution in [2.75, 3.05) is 6.61 Å². The molecule has 1 atom stereocenters. The Morgan fingerprint density at radius 2 is 1.79 bits per heavy atom. The zero-order chi connectivity index (χ0) is 16.8. The van der Waals surface area contributed by atoms with Gasteiger partial charge in [-0.2, -0.15) is 0 Å². The molecule has 3 aromatic rings. The van der Waals surface area contributed by atoms with Crippen molar-refractivity contribution in [1.82, 2.24) is 5.32 Å². The quantitative estimate of drug-likeness (QED) is 0.740. The Labute approximate surface area is 141 Å². The van der Waals surface area contributed by atoms with Crippen molar-refractivity contribution in [3.63, 3.8) is 0 Å². The molecular weight excluding hydrogens is 302 g/mol. The lowest BCUT2D eigenvalue weighted by molar-refractivity contribution is 0.0935. The van der Waals surface area contributed by atoms with Crippen molar-refractivity contribution in [3.05, 3.63) is 89.9 Å². The third-order valence-electron chi connectivity index (χ3n) is 3.67. The molecule has 0 spiro atoms. The molecule has 1 heterocycles. The van der Waals surface area contributed by atoms with Crippen molar-refractivity contribution in [1.29, 1.82) is 0 Å². The standard InChI is InChI=1S/C20H19NO3/c1-2-23-17-12-7-6-11-16(17)20(22)21-19(18-13-8-14-24-18)15-9-4-3-5-10-15/h3-14,19H,2H2,1H3,(H,21,22). The molecule has 24 heavy (non-hydrogen) atoms. The van der Waals surface area contributed by atoms with Crippen LogP contribution in [0, 0.1) is 0 Å². The van der Waals surface area contributed by atoms with E-state index in [0.717, 1.165) is 5.56 Å². The lowest BCUT2D eigenvalue weighted by Gasteiger charge is -2.18. The van der Waals surface area contributed by atoms with E-state index in [2.05, 4.69) is 5.32 Å². The molecule has 1 N–H and O–H groups in total. The van der Waals surface area contributed by atoms with Gasteiger partial charge in [-0.3, -0.25) is 4.79 Å². The topological polar surface area (TPSA) is 51.5 Å². The fourth-order valence-corrected chi connectivity index (χ4v) is 2.56. The predicted octanol–water partition coefficient (Wildman–Crippen LogP) is 4.20. The monoisotopic (exact) mass is 321 g/mol. The second-order valence-electron chi connectivity index (χ2n) is 5.26. The molecule has 4 heteroatoms. The van der Waals surface area contributed by atoms with E-state index in [1.807, 2.05) is 61.5 Å². The molecule has 0 saturated heterocycles. The minimum absolute atomic E-state index is 0.204. The molecule has 0 fully saturated rings. The Morgan fingerprint density at radius 1 is 1.04 bits per heavy atom. The Hall–Kier alpha value is -3.01. The van der Waals surface area contributed by atoms with Crippen LogP contribution in [0.2, 0.25) is 0 Å². The number of rotatable bonds is 6. The predicted molar refractivity (Wildman–Crippen MR) is 92.1 cm³/mol. The minimum atomic E-state index is -0.358. The molecule has 3 rings (SSSR count). The molecule has 0 aliphatic heterocycles. The highest BCUT2D eigenvalue weighted by molar-refractivity contribution is 5.97. The van der Waals surface area contributed by atoms with Gasteiger partial charge >= 0.3 is 0 Å². The van der Waals surface area contributed by atoms with Gasteiger partial charge in [-0.1, -0.05) is 42.5 Å². The average Bonchev–Trinajstić information content (AvgIpc) is 3.15. The fraction of sp³-hybridized carbons (Fsp3) is 0.150. The summed E-state index contributed by atoms with van der Waals surface area (Å²) in [6, 6.07) is 20.3. The van der Waals surface area contributed by atoms with Crippen molar-refractivity contribution in [3.8, 4) is 5.75 Å². The van der Waals surface area contributed by atoms with Gasteiger partial charge in [0, 0.05) is 0 Å². The van der Waals surface area contributed by atoms with E-state index in [4.69, 9.17) is 9.15 Å². The molecular formula is C20H19NO3. The van der Waals surface area contributed by atoms with Crippen LogP contribution in [0.1, 0.15) is 34.6 Å². The SMILES string of the molecule is CCOc1ccccc1C(=O)NC(c1ccccc1)c1ccco1. The number of carbonyl (C=O) groups excluding carboxylic acids is 1. The van der Waals surface area contributed by atoms with Crippen LogP contribution >= 0.6 is 0 Å². The number of amides is 1. The van der Waals surface area contributed by atoms with Gasteiger partial charge in [0.05, 0.1) is 18.4 Å². The zero-order valence-electron chi connectivity index (χ0n) is 13.4. The molecule has 122 valence electrons. The first-order chi connectivity index (χ1) is 11.8. The number of para-hydroxylation sites is 1. The third kappa shape index (κ3) is 3.49. The Kier molecular flexibility index (Phi) is 4.96. The zero-order valence-corrected chi connectivity index (χ0v) is 13.4. The fourth-order valence-electron chi connectivity index (χ4n) is 2.56. The van der Waals surface area contributed by atoms with Crippen LogP contribution in [-0.4, -0.2) is 12.5 Å². The summed E-state index contributed by atoms with van der Waals surface area (Å²) in [7, 11) is 0. The van der Waals surface area contributed by atoms with E-state index in [1.54, 1.807) is 18.4 Å². The number of carbonyl (C=O) groups is 1. The van der Waals surface area contributed by atoms with Gasteiger partial charge < -0.3 is 14.5 Å². The summed E-state index contributed by atoms with van der Waals surface area (Å²) in [6.07, 6.45) is 1.60. The van der Waals surface area contributed by atoms with E-state index in [-0.39, 0.29) is 11.9 Å². The maximum atomic E-state index is 12.8. The van der Waals surface area contributed by atoms with Crippen LogP contribution in [0.5, 0.6) is 5.75 Å². The van der Waals surface area contributed by atoms with E-state index in [9.17, 15) is 4.79 Å². The van der Waals surface area contributed by atoms with Crippen LogP contribution in [0.15, 0.2) is 77.4 Å². The van der Waals surface area contributed by atoms with Crippen molar-refractivity contribution >= 4 is 5.91 Å². The van der Waals surface area contributed by atoms with Gasteiger partial charge in [-0.25, -0.2) is 0 Å². The molecule has 4 nitrogen and oxygen atoms in total. The van der Waals surface area contributed by atoms with Gasteiger partial charge in [-0.05, 0) is 36.8 Å². The molecule has 0 aliphatic carbocycles. The smallest absolute Gasteiger partial charge is 0.255 e. The normalized spacial score (nSPS) is 11.7. The minimum Gasteiger partial charge on any atom is -0.493 e. The van der Waals surface area contributed by atoms with Crippen molar-refractivity contribution in [2.24, 2.45) is 0 Å². The summed E-state index contributed by atoms with van der Waals surface area (Å²) < 4.78 is 11.1. The van der Waals surface area contributed by atoms with Crippen molar-refractivity contribution < 1.29 is 13.9 Å². The molecule has 0 aliphatic rings. The van der Waals surface area contributed by atoms with Gasteiger partial charge in [-0.15, -0.1) is 0 Å². The van der Waals surface area contributed by atoms with Gasteiger partial charge in [0.1, 0.15) is 17.6 Å². The average molecular weight is 321 g/mol. The first-order valence-electron chi connectivity index (χ1n) is 7.90. The maximum Gasteiger partial charge on any atom is 0.255 e. The van der Waals surface area contributed by atoms with Crippen LogP contribution < -0.4 is 10.1 Å². The van der Waals surface area contributed by atoms with Crippen LogP contribution in [0.3, 0.4) is 0 Å². The van der Waals surface area contributed by atoms with E-state index < -0.39 is 0 Å². The van der Waals surface area contributed by atoms with Crippen molar-refractivity contribution in [2.45, 2.75) is 13.0 Å². The summed E-state index contributed by atoms with van der Waals surface area (Å²) in [5.74, 6) is 1.05. The summed E-state index contributed by atoms with van der Waals surface area (Å²) in [5.41, 5.74) is 1.46. The van der Waals surface area contributed by atoms with Gasteiger partial charge in [0.25, 0.3) is 5.91 Å². The van der Waals surface area contributed by atoms with E-state index >= 15 is 0 Å². The molecule has 0 saturated carbocycles. The first-order valence-corrected chi connectivity index (χ1v) is 7.90. The lowest BCUT2D eigenvalue weighted by atomic mass is 10.0. The van der Waals surface area contributed by atoms with Crippen LogP contribution in [0.25, 0.3) is 0 Å². The molecule has 1 amide bonds. The van der Waals surface area contributed by atoms with Gasteiger partial charge in [0.2, 0.25) is 0 Å². The summed E-state index contributed by atoms with van der Waals surface area (Å²) in [4.78, 5) is 12.8. The highest BCUT2D eigenvalue weighted by Gasteiger charge is 2.21. The number of benzene rings is 2. The summed E-state index contributed by atoms with van der Waals surface area (Å²) in [5, 5.41) is 3.04. The Morgan fingerprint density at radius 3 is 2.50 bits per heavy atom. The molecule has 0 radical (unpaired) electrons. The number of hydrogen-bond donors (Lipinski definition) is 1. The largest absolute Gasteiger partial charge is 0.493 e. The molecule has 0 bridgehead atoms. The summed E-state index contributed by atoms with van der Waals surface area (Å²) in [6.45, 7) is 2.40. The van der Waals surface area contributed by atoms with Gasteiger partial charge in [0.15, 0.2) is 0 Å². The van der Waals surface area contributed by atoms with Crippen LogP contribution in [-0.2, 0) is 0 Å².